The molecule has 0 aliphatic rings. The number of rotatable bonds is 5. The first-order valence-electron chi connectivity index (χ1n) is 6.83. The molecule has 0 saturated carbocycles. The van der Waals surface area contributed by atoms with Crippen LogP contribution in [0.2, 0.25) is 5.02 Å². The van der Waals surface area contributed by atoms with Crippen LogP contribution in [0.15, 0.2) is 24.5 Å². The maximum Gasteiger partial charge on any atom is 0.148 e. The van der Waals surface area contributed by atoms with Gasteiger partial charge in [0.15, 0.2) is 0 Å². The molecule has 2 N–H and O–H groups in total. The van der Waals surface area contributed by atoms with Crippen LogP contribution in [0.3, 0.4) is 0 Å². The third-order valence-corrected chi connectivity index (χ3v) is 3.22. The lowest BCUT2D eigenvalue weighted by molar-refractivity contribution is 0.631. The largest absolute Gasteiger partial charge is 0.370 e. The van der Waals surface area contributed by atoms with Crippen molar-refractivity contribution in [2.75, 3.05) is 17.2 Å². The van der Waals surface area contributed by atoms with Crippen LogP contribution in [0.5, 0.6) is 0 Å². The summed E-state index contributed by atoms with van der Waals surface area (Å²) in [6, 6.07) is 4.50. The normalized spacial score (nSPS) is 10.8. The van der Waals surface area contributed by atoms with E-state index in [1.54, 1.807) is 12.1 Å². The van der Waals surface area contributed by atoms with Crippen molar-refractivity contribution < 1.29 is 4.39 Å². The minimum absolute atomic E-state index is 0.193. The standard InChI is InChI=1S/C15H18ClFN4/c1-4-18-14-13(9(2)3)15(20-8-19-14)21-12-6-5-10(16)7-11(12)17/h5-9H,4H2,1-3H3,(H2,18,19,20,21). The SMILES string of the molecule is CCNc1ncnc(Nc2ccc(Cl)cc2F)c1C(C)C. The van der Waals surface area contributed by atoms with E-state index < -0.39 is 5.82 Å². The first-order valence-corrected chi connectivity index (χ1v) is 7.21. The first-order chi connectivity index (χ1) is 10.0. The van der Waals surface area contributed by atoms with Gasteiger partial charge in [0.25, 0.3) is 0 Å². The van der Waals surface area contributed by atoms with Gasteiger partial charge in [-0.2, -0.15) is 0 Å². The molecule has 6 heteroatoms. The highest BCUT2D eigenvalue weighted by atomic mass is 35.5. The van der Waals surface area contributed by atoms with E-state index in [0.29, 0.717) is 16.5 Å². The molecule has 2 aromatic rings. The third-order valence-electron chi connectivity index (χ3n) is 2.99. The van der Waals surface area contributed by atoms with E-state index in [-0.39, 0.29) is 5.92 Å². The summed E-state index contributed by atoms with van der Waals surface area (Å²) in [5.41, 5.74) is 1.26. The zero-order chi connectivity index (χ0) is 15.4. The molecule has 1 aromatic carbocycles. The van der Waals surface area contributed by atoms with Gasteiger partial charge >= 0.3 is 0 Å². The highest BCUT2D eigenvalue weighted by Crippen LogP contribution is 2.31. The highest BCUT2D eigenvalue weighted by Gasteiger charge is 2.15. The highest BCUT2D eigenvalue weighted by molar-refractivity contribution is 6.30. The molecule has 1 heterocycles. The maximum atomic E-state index is 13.9. The summed E-state index contributed by atoms with van der Waals surface area (Å²) in [5, 5.41) is 6.58. The molecular formula is C15H18ClFN4. The predicted octanol–water partition coefficient (Wildman–Crippen LogP) is 4.57. The van der Waals surface area contributed by atoms with Crippen LogP contribution < -0.4 is 10.6 Å². The molecule has 112 valence electrons. The summed E-state index contributed by atoms with van der Waals surface area (Å²) >= 11 is 5.76. The Morgan fingerprint density at radius 1 is 1.24 bits per heavy atom. The van der Waals surface area contributed by atoms with Gasteiger partial charge < -0.3 is 10.6 Å². The van der Waals surface area contributed by atoms with Crippen LogP contribution in [0.25, 0.3) is 0 Å². The van der Waals surface area contributed by atoms with Gasteiger partial charge in [0.2, 0.25) is 0 Å². The third kappa shape index (κ3) is 3.61. The van der Waals surface area contributed by atoms with Crippen LogP contribution in [0.1, 0.15) is 32.3 Å². The average molecular weight is 309 g/mol. The van der Waals surface area contributed by atoms with Crippen LogP contribution >= 0.6 is 11.6 Å². The van der Waals surface area contributed by atoms with Gasteiger partial charge in [0, 0.05) is 17.1 Å². The maximum absolute atomic E-state index is 13.9. The second-order valence-electron chi connectivity index (χ2n) is 4.92. The first kappa shape index (κ1) is 15.5. The lowest BCUT2D eigenvalue weighted by Crippen LogP contribution is -2.09. The van der Waals surface area contributed by atoms with Gasteiger partial charge in [-0.25, -0.2) is 14.4 Å². The van der Waals surface area contributed by atoms with Gasteiger partial charge in [0.1, 0.15) is 23.8 Å². The minimum Gasteiger partial charge on any atom is -0.370 e. The Bertz CT molecular complexity index is 631. The molecule has 21 heavy (non-hydrogen) atoms. The summed E-state index contributed by atoms with van der Waals surface area (Å²) in [6.07, 6.45) is 1.46. The van der Waals surface area contributed by atoms with Gasteiger partial charge in [-0.05, 0) is 31.0 Å². The number of anilines is 3. The van der Waals surface area contributed by atoms with E-state index in [2.05, 4.69) is 20.6 Å². The average Bonchev–Trinajstić information content (AvgIpc) is 2.42. The topological polar surface area (TPSA) is 49.8 Å². The van der Waals surface area contributed by atoms with E-state index in [4.69, 9.17) is 11.6 Å². The smallest absolute Gasteiger partial charge is 0.148 e. The number of hydrogen-bond donors (Lipinski definition) is 2. The van der Waals surface area contributed by atoms with Crippen LogP contribution in [0, 0.1) is 5.82 Å². The number of aromatic nitrogens is 2. The Morgan fingerprint density at radius 3 is 2.57 bits per heavy atom. The molecule has 0 spiro atoms. The van der Waals surface area contributed by atoms with Crippen molar-refractivity contribution in [2.45, 2.75) is 26.7 Å². The van der Waals surface area contributed by atoms with Gasteiger partial charge in [-0.3, -0.25) is 0 Å². The number of benzene rings is 1. The predicted molar refractivity (Wildman–Crippen MR) is 85.0 cm³/mol. The van der Waals surface area contributed by atoms with Gasteiger partial charge in [0.05, 0.1) is 5.69 Å². The molecule has 0 bridgehead atoms. The fraction of sp³-hybridized carbons (Fsp3) is 0.333. The summed E-state index contributed by atoms with van der Waals surface area (Å²) in [6.45, 7) is 6.84. The molecule has 0 amide bonds. The molecule has 0 aliphatic carbocycles. The quantitative estimate of drug-likeness (QED) is 0.849. The Labute approximate surface area is 128 Å². The second-order valence-corrected chi connectivity index (χ2v) is 5.36. The Hall–Kier alpha value is -1.88. The van der Waals surface area contributed by atoms with Crippen molar-refractivity contribution in [3.8, 4) is 0 Å². The van der Waals surface area contributed by atoms with E-state index in [1.165, 1.54) is 12.4 Å². The summed E-state index contributed by atoms with van der Waals surface area (Å²) in [7, 11) is 0. The molecule has 0 radical (unpaired) electrons. The Kier molecular flexibility index (Phi) is 4.96. The van der Waals surface area contributed by atoms with Crippen molar-refractivity contribution in [1.29, 1.82) is 0 Å². The Balaban J connectivity index is 2.41. The van der Waals surface area contributed by atoms with Gasteiger partial charge in [-0.15, -0.1) is 0 Å². The van der Waals surface area contributed by atoms with E-state index >= 15 is 0 Å². The number of hydrogen-bond acceptors (Lipinski definition) is 4. The van der Waals surface area contributed by atoms with E-state index in [1.807, 2.05) is 20.8 Å². The minimum atomic E-state index is -0.416. The Morgan fingerprint density at radius 2 is 1.95 bits per heavy atom. The zero-order valence-corrected chi connectivity index (χ0v) is 13.0. The van der Waals surface area contributed by atoms with Crippen molar-refractivity contribution in [1.82, 2.24) is 9.97 Å². The fourth-order valence-corrected chi connectivity index (χ4v) is 2.23. The fourth-order valence-electron chi connectivity index (χ4n) is 2.07. The van der Waals surface area contributed by atoms with E-state index in [9.17, 15) is 4.39 Å². The molecule has 4 nitrogen and oxygen atoms in total. The summed E-state index contributed by atoms with van der Waals surface area (Å²) in [5.74, 6) is 1.13. The van der Waals surface area contributed by atoms with Gasteiger partial charge in [-0.1, -0.05) is 25.4 Å². The second kappa shape index (κ2) is 6.72. The molecule has 0 atom stereocenters. The number of halogens is 2. The molecule has 2 rings (SSSR count). The number of nitrogens with zero attached hydrogens (tertiary/aromatic N) is 2. The molecular weight excluding hydrogens is 291 g/mol. The van der Waals surface area contributed by atoms with Crippen LogP contribution in [-0.2, 0) is 0 Å². The van der Waals surface area contributed by atoms with Crippen molar-refractivity contribution in [3.05, 3.63) is 40.9 Å². The van der Waals surface area contributed by atoms with Crippen molar-refractivity contribution in [3.63, 3.8) is 0 Å². The lowest BCUT2D eigenvalue weighted by atomic mass is 10.0. The number of nitrogens with one attached hydrogen (secondary N) is 2. The molecule has 0 fully saturated rings. The van der Waals surface area contributed by atoms with Crippen LogP contribution in [0.4, 0.5) is 21.7 Å². The van der Waals surface area contributed by atoms with Crippen LogP contribution in [-0.4, -0.2) is 16.5 Å². The molecule has 1 aromatic heterocycles. The van der Waals surface area contributed by atoms with E-state index in [0.717, 1.165) is 17.9 Å². The summed E-state index contributed by atoms with van der Waals surface area (Å²) < 4.78 is 13.9. The van der Waals surface area contributed by atoms with Crippen molar-refractivity contribution in [2.24, 2.45) is 0 Å². The lowest BCUT2D eigenvalue weighted by Gasteiger charge is -2.17. The summed E-state index contributed by atoms with van der Waals surface area (Å²) in [4.78, 5) is 8.49. The monoisotopic (exact) mass is 308 g/mol. The molecule has 0 aliphatic heterocycles. The van der Waals surface area contributed by atoms with Crippen molar-refractivity contribution >= 4 is 28.9 Å². The molecule has 0 unspecified atom stereocenters. The zero-order valence-electron chi connectivity index (χ0n) is 12.2. The molecule has 0 saturated heterocycles.